The molecule has 0 saturated heterocycles. The van der Waals surface area contributed by atoms with Crippen molar-refractivity contribution in [1.29, 1.82) is 0 Å². The van der Waals surface area contributed by atoms with E-state index in [0.717, 1.165) is 6.54 Å². The average Bonchev–Trinajstić information content (AvgIpc) is 2.69. The van der Waals surface area contributed by atoms with Crippen molar-refractivity contribution in [2.45, 2.75) is 70.9 Å². The van der Waals surface area contributed by atoms with Crippen molar-refractivity contribution in [2.24, 2.45) is 0 Å². The van der Waals surface area contributed by atoms with Gasteiger partial charge < -0.3 is 10.2 Å². The van der Waals surface area contributed by atoms with Crippen LogP contribution in [0.1, 0.15) is 68.6 Å². The minimum Gasteiger partial charge on any atom is -0.308 e. The Morgan fingerprint density at radius 1 is 1.33 bits per heavy atom. The maximum Gasteiger partial charge on any atom is 0.0985 e. The molecule has 1 aromatic rings. The van der Waals surface area contributed by atoms with Crippen LogP contribution >= 0.6 is 11.3 Å². The Labute approximate surface area is 134 Å². The Morgan fingerprint density at radius 2 is 1.95 bits per heavy atom. The van der Waals surface area contributed by atoms with Crippen LogP contribution in [0.3, 0.4) is 0 Å². The summed E-state index contributed by atoms with van der Waals surface area (Å²) in [6.07, 6.45) is 3.99. The second kappa shape index (κ2) is 5.98. The van der Waals surface area contributed by atoms with E-state index < -0.39 is 0 Å². The van der Waals surface area contributed by atoms with Crippen molar-refractivity contribution < 1.29 is 0 Å². The van der Waals surface area contributed by atoms with E-state index in [2.05, 4.69) is 58.9 Å². The van der Waals surface area contributed by atoms with E-state index in [1.165, 1.54) is 34.8 Å². The van der Waals surface area contributed by atoms with Crippen LogP contribution in [0.15, 0.2) is 0 Å². The quantitative estimate of drug-likeness (QED) is 0.894. The topological polar surface area (TPSA) is 28.2 Å². The molecule has 0 aliphatic heterocycles. The zero-order valence-corrected chi connectivity index (χ0v) is 15.5. The summed E-state index contributed by atoms with van der Waals surface area (Å²) in [4.78, 5) is 8.58. The van der Waals surface area contributed by atoms with Gasteiger partial charge in [0.05, 0.1) is 10.7 Å². The van der Waals surface area contributed by atoms with Gasteiger partial charge in [-0.15, -0.1) is 11.3 Å². The van der Waals surface area contributed by atoms with Gasteiger partial charge in [0, 0.05) is 28.4 Å². The number of aromatic nitrogens is 1. The summed E-state index contributed by atoms with van der Waals surface area (Å²) < 4.78 is 0. The molecule has 0 aromatic carbocycles. The standard InChI is InChI=1S/C17H31N3S/c1-12(18-11-17(20(6)7)9-8-10-17)14-13(2)19-15(21-14)16(3,4)5/h12,18H,8-11H2,1-7H3. The Balaban J connectivity index is 2.04. The minimum absolute atomic E-state index is 0.145. The minimum atomic E-state index is 0.145. The van der Waals surface area contributed by atoms with Crippen LogP contribution in [0.2, 0.25) is 0 Å². The molecule has 1 aliphatic rings. The van der Waals surface area contributed by atoms with Gasteiger partial charge in [-0.25, -0.2) is 4.98 Å². The Morgan fingerprint density at radius 3 is 2.33 bits per heavy atom. The van der Waals surface area contributed by atoms with Gasteiger partial charge in [-0.3, -0.25) is 0 Å². The summed E-state index contributed by atoms with van der Waals surface area (Å²) >= 11 is 1.87. The van der Waals surface area contributed by atoms with Gasteiger partial charge in [0.25, 0.3) is 0 Å². The number of hydrogen-bond donors (Lipinski definition) is 1. The predicted molar refractivity (Wildman–Crippen MR) is 92.2 cm³/mol. The SMILES string of the molecule is Cc1nc(C(C)(C)C)sc1C(C)NCC1(N(C)C)CCC1. The van der Waals surface area contributed by atoms with E-state index >= 15 is 0 Å². The first kappa shape index (κ1) is 16.9. The van der Waals surface area contributed by atoms with Gasteiger partial charge in [-0.1, -0.05) is 20.8 Å². The Bertz CT molecular complexity index is 481. The highest BCUT2D eigenvalue weighted by Crippen LogP contribution is 2.37. The van der Waals surface area contributed by atoms with Gasteiger partial charge in [0.1, 0.15) is 0 Å². The van der Waals surface area contributed by atoms with Gasteiger partial charge in [0.15, 0.2) is 0 Å². The number of aryl methyl sites for hydroxylation is 1. The number of hydrogen-bond acceptors (Lipinski definition) is 4. The van der Waals surface area contributed by atoms with Gasteiger partial charge >= 0.3 is 0 Å². The lowest BCUT2D eigenvalue weighted by atomic mass is 9.75. The molecule has 21 heavy (non-hydrogen) atoms. The fourth-order valence-electron chi connectivity index (χ4n) is 2.93. The Hall–Kier alpha value is -0.450. The maximum atomic E-state index is 4.78. The van der Waals surface area contributed by atoms with E-state index in [1.807, 2.05) is 11.3 Å². The van der Waals surface area contributed by atoms with Crippen molar-refractivity contribution in [3.8, 4) is 0 Å². The van der Waals surface area contributed by atoms with Gasteiger partial charge in [0.2, 0.25) is 0 Å². The predicted octanol–water partition coefficient (Wildman–Crippen LogP) is 3.88. The first-order valence-electron chi connectivity index (χ1n) is 8.04. The molecule has 1 fully saturated rings. The maximum absolute atomic E-state index is 4.78. The smallest absolute Gasteiger partial charge is 0.0985 e. The normalized spacial score (nSPS) is 19.6. The van der Waals surface area contributed by atoms with Gasteiger partial charge in [-0.05, 0) is 47.2 Å². The molecule has 0 amide bonds. The molecule has 0 spiro atoms. The molecule has 1 atom stereocenters. The second-order valence-corrected chi connectivity index (χ2v) is 8.82. The zero-order valence-electron chi connectivity index (χ0n) is 14.7. The molecule has 1 heterocycles. The molecule has 4 heteroatoms. The third-order valence-corrected chi connectivity index (χ3v) is 6.60. The highest BCUT2D eigenvalue weighted by Gasteiger charge is 2.39. The van der Waals surface area contributed by atoms with Crippen LogP contribution in [-0.4, -0.2) is 36.1 Å². The summed E-state index contributed by atoms with van der Waals surface area (Å²) in [6.45, 7) is 12.2. The van der Waals surface area contributed by atoms with Crippen molar-refractivity contribution in [2.75, 3.05) is 20.6 Å². The molecular formula is C17H31N3S. The van der Waals surface area contributed by atoms with Crippen LogP contribution in [0.4, 0.5) is 0 Å². The third-order valence-electron chi connectivity index (χ3n) is 4.84. The van der Waals surface area contributed by atoms with E-state index in [-0.39, 0.29) is 5.41 Å². The lowest BCUT2D eigenvalue weighted by molar-refractivity contribution is 0.0577. The monoisotopic (exact) mass is 309 g/mol. The summed E-state index contributed by atoms with van der Waals surface area (Å²) in [5.74, 6) is 0. The summed E-state index contributed by atoms with van der Waals surface area (Å²) in [6, 6.07) is 0.385. The van der Waals surface area contributed by atoms with E-state index in [9.17, 15) is 0 Å². The summed E-state index contributed by atoms with van der Waals surface area (Å²) in [7, 11) is 4.42. The molecule has 0 radical (unpaired) electrons. The molecule has 1 N–H and O–H groups in total. The van der Waals surface area contributed by atoms with E-state index in [1.54, 1.807) is 0 Å². The number of thiazole rings is 1. The van der Waals surface area contributed by atoms with Crippen LogP contribution in [-0.2, 0) is 5.41 Å². The largest absolute Gasteiger partial charge is 0.308 e. The zero-order chi connectivity index (χ0) is 15.8. The van der Waals surface area contributed by atoms with Gasteiger partial charge in [-0.2, -0.15) is 0 Å². The molecule has 3 nitrogen and oxygen atoms in total. The van der Waals surface area contributed by atoms with Crippen LogP contribution in [0, 0.1) is 6.92 Å². The lowest BCUT2D eigenvalue weighted by Crippen LogP contribution is -2.56. The first-order chi connectivity index (χ1) is 9.66. The van der Waals surface area contributed by atoms with Crippen molar-refractivity contribution in [1.82, 2.24) is 15.2 Å². The van der Waals surface area contributed by atoms with Crippen molar-refractivity contribution >= 4 is 11.3 Å². The molecule has 120 valence electrons. The number of likely N-dealkylation sites (N-methyl/N-ethyl adjacent to an activating group) is 1. The molecule has 1 unspecified atom stereocenters. The highest BCUT2D eigenvalue weighted by molar-refractivity contribution is 7.12. The molecule has 1 aromatic heterocycles. The van der Waals surface area contributed by atoms with E-state index in [0.29, 0.717) is 11.6 Å². The first-order valence-corrected chi connectivity index (χ1v) is 8.86. The van der Waals surface area contributed by atoms with E-state index in [4.69, 9.17) is 4.98 Å². The highest BCUT2D eigenvalue weighted by atomic mass is 32.1. The summed E-state index contributed by atoms with van der Waals surface area (Å²) in [5.41, 5.74) is 1.71. The molecule has 1 saturated carbocycles. The van der Waals surface area contributed by atoms with Crippen LogP contribution in [0.5, 0.6) is 0 Å². The number of rotatable bonds is 5. The number of nitrogens with zero attached hydrogens (tertiary/aromatic N) is 2. The lowest BCUT2D eigenvalue weighted by Gasteiger charge is -2.48. The number of nitrogens with one attached hydrogen (secondary N) is 1. The second-order valence-electron chi connectivity index (χ2n) is 7.79. The fourth-order valence-corrected chi connectivity index (χ4v) is 4.08. The molecule has 0 bridgehead atoms. The molecule has 2 rings (SSSR count). The molecular weight excluding hydrogens is 278 g/mol. The van der Waals surface area contributed by atoms with Crippen molar-refractivity contribution in [3.05, 3.63) is 15.6 Å². The Kier molecular flexibility index (Phi) is 4.81. The van der Waals surface area contributed by atoms with Crippen molar-refractivity contribution in [3.63, 3.8) is 0 Å². The summed E-state index contributed by atoms with van der Waals surface area (Å²) in [5, 5.41) is 5.00. The average molecular weight is 310 g/mol. The van der Waals surface area contributed by atoms with Crippen LogP contribution in [0.25, 0.3) is 0 Å². The third kappa shape index (κ3) is 3.49. The fraction of sp³-hybridized carbons (Fsp3) is 0.824. The van der Waals surface area contributed by atoms with Crippen LogP contribution < -0.4 is 5.32 Å². The molecule has 1 aliphatic carbocycles.